The zero-order valence-electron chi connectivity index (χ0n) is 12.2. The Morgan fingerprint density at radius 2 is 2.14 bits per heavy atom. The number of nitriles is 1. The fourth-order valence-electron chi connectivity index (χ4n) is 2.29. The first-order valence-electron chi connectivity index (χ1n) is 6.87. The zero-order valence-corrected chi connectivity index (χ0v) is 12.2. The molecule has 0 spiro atoms. The fourth-order valence-corrected chi connectivity index (χ4v) is 2.29. The van der Waals surface area contributed by atoms with Crippen LogP contribution in [-0.2, 0) is 0 Å². The normalized spacial score (nSPS) is 10.6. The average molecular weight is 282 g/mol. The van der Waals surface area contributed by atoms with Crippen molar-refractivity contribution in [1.29, 1.82) is 5.26 Å². The van der Waals surface area contributed by atoms with E-state index < -0.39 is 0 Å². The Bertz CT molecular complexity index is 703. The SMILES string of the molecule is CC(C)N(CCC#N)C(=O)c1cc(N)nc2ccccc12. The molecule has 1 heterocycles. The Labute approximate surface area is 124 Å². The van der Waals surface area contributed by atoms with E-state index in [0.717, 1.165) is 5.39 Å². The first kappa shape index (κ1) is 14.8. The number of fused-ring (bicyclic) bond motifs is 1. The largest absolute Gasteiger partial charge is 0.384 e. The third kappa shape index (κ3) is 3.11. The van der Waals surface area contributed by atoms with E-state index in [0.29, 0.717) is 29.9 Å². The number of benzene rings is 1. The van der Waals surface area contributed by atoms with Crippen LogP contribution in [0, 0.1) is 11.3 Å². The highest BCUT2D eigenvalue weighted by Crippen LogP contribution is 2.21. The molecule has 5 nitrogen and oxygen atoms in total. The van der Waals surface area contributed by atoms with Crippen molar-refractivity contribution in [2.24, 2.45) is 0 Å². The molecule has 21 heavy (non-hydrogen) atoms. The fraction of sp³-hybridized carbons (Fsp3) is 0.312. The number of hydrogen-bond acceptors (Lipinski definition) is 4. The molecule has 0 unspecified atom stereocenters. The minimum atomic E-state index is -0.120. The molecule has 0 radical (unpaired) electrons. The number of carbonyl (C=O) groups is 1. The van der Waals surface area contributed by atoms with Gasteiger partial charge in [-0.1, -0.05) is 18.2 Å². The van der Waals surface area contributed by atoms with Crippen molar-refractivity contribution in [1.82, 2.24) is 9.88 Å². The van der Waals surface area contributed by atoms with Gasteiger partial charge in [0.2, 0.25) is 0 Å². The summed E-state index contributed by atoms with van der Waals surface area (Å²) in [5, 5.41) is 9.52. The lowest BCUT2D eigenvalue weighted by Gasteiger charge is -2.26. The quantitative estimate of drug-likeness (QED) is 0.934. The third-order valence-corrected chi connectivity index (χ3v) is 3.32. The van der Waals surface area contributed by atoms with Crippen LogP contribution in [0.2, 0.25) is 0 Å². The Kier molecular flexibility index (Phi) is 4.39. The van der Waals surface area contributed by atoms with E-state index in [1.165, 1.54) is 0 Å². The summed E-state index contributed by atoms with van der Waals surface area (Å²) in [4.78, 5) is 18.7. The van der Waals surface area contributed by atoms with Gasteiger partial charge in [0, 0.05) is 18.0 Å². The van der Waals surface area contributed by atoms with E-state index in [4.69, 9.17) is 11.0 Å². The molecule has 5 heteroatoms. The van der Waals surface area contributed by atoms with Crippen LogP contribution in [0.4, 0.5) is 5.82 Å². The second kappa shape index (κ2) is 6.23. The van der Waals surface area contributed by atoms with Crippen molar-refractivity contribution >= 4 is 22.6 Å². The lowest BCUT2D eigenvalue weighted by atomic mass is 10.1. The van der Waals surface area contributed by atoms with Crippen LogP contribution in [0.15, 0.2) is 30.3 Å². The van der Waals surface area contributed by atoms with Gasteiger partial charge in [-0.15, -0.1) is 0 Å². The molecule has 0 aliphatic heterocycles. The second-order valence-corrected chi connectivity index (χ2v) is 5.11. The monoisotopic (exact) mass is 282 g/mol. The Morgan fingerprint density at radius 3 is 2.81 bits per heavy atom. The van der Waals surface area contributed by atoms with E-state index in [9.17, 15) is 4.79 Å². The van der Waals surface area contributed by atoms with Gasteiger partial charge in [-0.25, -0.2) is 4.98 Å². The number of nitrogens with zero attached hydrogens (tertiary/aromatic N) is 3. The third-order valence-electron chi connectivity index (χ3n) is 3.32. The zero-order chi connectivity index (χ0) is 15.4. The molecule has 0 aliphatic rings. The van der Waals surface area contributed by atoms with Crippen LogP contribution in [-0.4, -0.2) is 28.4 Å². The maximum Gasteiger partial charge on any atom is 0.254 e. The summed E-state index contributed by atoms with van der Waals surface area (Å²) >= 11 is 0. The number of carbonyl (C=O) groups excluding carboxylic acids is 1. The summed E-state index contributed by atoms with van der Waals surface area (Å²) in [6.07, 6.45) is 0.308. The van der Waals surface area contributed by atoms with Crippen LogP contribution >= 0.6 is 0 Å². The van der Waals surface area contributed by atoms with Gasteiger partial charge in [-0.3, -0.25) is 4.79 Å². The van der Waals surface area contributed by atoms with E-state index in [1.807, 2.05) is 38.1 Å². The summed E-state index contributed by atoms with van der Waals surface area (Å²) in [6, 6.07) is 11.1. The number of aromatic nitrogens is 1. The number of amides is 1. The molecule has 2 aromatic rings. The Hall–Kier alpha value is -2.61. The maximum atomic E-state index is 12.8. The van der Waals surface area contributed by atoms with Gasteiger partial charge in [0.15, 0.2) is 0 Å². The Balaban J connectivity index is 2.49. The van der Waals surface area contributed by atoms with E-state index in [2.05, 4.69) is 11.1 Å². The summed E-state index contributed by atoms with van der Waals surface area (Å²) in [5.74, 6) is 0.201. The standard InChI is InChI=1S/C16H18N4O/c1-11(2)20(9-5-8-17)16(21)13-10-15(18)19-14-7-4-3-6-12(13)14/h3-4,6-7,10-11H,5,9H2,1-2H3,(H2,18,19). The van der Waals surface area contributed by atoms with Crippen molar-refractivity contribution in [2.45, 2.75) is 26.3 Å². The number of rotatable bonds is 4. The van der Waals surface area contributed by atoms with E-state index in [-0.39, 0.29) is 11.9 Å². The molecule has 2 rings (SSSR count). The van der Waals surface area contributed by atoms with Crippen molar-refractivity contribution in [3.63, 3.8) is 0 Å². The first-order valence-corrected chi connectivity index (χ1v) is 6.87. The van der Waals surface area contributed by atoms with Crippen LogP contribution in [0.1, 0.15) is 30.6 Å². The van der Waals surface area contributed by atoms with Gasteiger partial charge in [0.25, 0.3) is 5.91 Å². The van der Waals surface area contributed by atoms with Gasteiger partial charge in [-0.2, -0.15) is 5.26 Å². The van der Waals surface area contributed by atoms with Crippen molar-refractivity contribution in [3.05, 3.63) is 35.9 Å². The number of nitrogen functional groups attached to an aromatic ring is 1. The highest BCUT2D eigenvalue weighted by molar-refractivity contribution is 6.07. The molecule has 0 bridgehead atoms. The second-order valence-electron chi connectivity index (χ2n) is 5.11. The van der Waals surface area contributed by atoms with Gasteiger partial charge in [0.05, 0.1) is 23.6 Å². The molecule has 1 aromatic carbocycles. The molecule has 0 aliphatic carbocycles. The van der Waals surface area contributed by atoms with Gasteiger partial charge in [-0.05, 0) is 26.0 Å². The van der Waals surface area contributed by atoms with Crippen molar-refractivity contribution < 1.29 is 4.79 Å². The molecule has 1 amide bonds. The number of anilines is 1. The lowest BCUT2D eigenvalue weighted by Crippen LogP contribution is -2.37. The molecule has 0 atom stereocenters. The smallest absolute Gasteiger partial charge is 0.254 e. The van der Waals surface area contributed by atoms with Crippen molar-refractivity contribution in [3.8, 4) is 6.07 Å². The molecule has 0 fully saturated rings. The van der Waals surface area contributed by atoms with Crippen molar-refractivity contribution in [2.75, 3.05) is 12.3 Å². The molecule has 0 saturated heterocycles. The molecule has 108 valence electrons. The van der Waals surface area contributed by atoms with E-state index >= 15 is 0 Å². The molecule has 0 saturated carbocycles. The van der Waals surface area contributed by atoms with Gasteiger partial charge >= 0.3 is 0 Å². The molecular weight excluding hydrogens is 264 g/mol. The number of hydrogen-bond donors (Lipinski definition) is 1. The highest BCUT2D eigenvalue weighted by atomic mass is 16.2. The number of nitrogens with two attached hydrogens (primary N) is 1. The minimum absolute atomic E-state index is 0.0130. The topological polar surface area (TPSA) is 83.0 Å². The molecular formula is C16H18N4O. The summed E-state index contributed by atoms with van der Waals surface area (Å²) in [5.41, 5.74) is 7.04. The summed E-state index contributed by atoms with van der Waals surface area (Å²) in [6.45, 7) is 4.27. The summed E-state index contributed by atoms with van der Waals surface area (Å²) < 4.78 is 0. The first-order chi connectivity index (χ1) is 10.0. The van der Waals surface area contributed by atoms with Gasteiger partial charge < -0.3 is 10.6 Å². The molecule has 2 N–H and O–H groups in total. The van der Waals surface area contributed by atoms with Crippen LogP contribution in [0.3, 0.4) is 0 Å². The lowest BCUT2D eigenvalue weighted by molar-refractivity contribution is 0.0712. The summed E-state index contributed by atoms with van der Waals surface area (Å²) in [7, 11) is 0. The number of para-hydroxylation sites is 1. The Morgan fingerprint density at radius 1 is 1.43 bits per heavy atom. The predicted octanol–water partition coefficient (Wildman–Crippen LogP) is 2.58. The molecule has 1 aromatic heterocycles. The average Bonchev–Trinajstić information content (AvgIpc) is 2.46. The van der Waals surface area contributed by atoms with Gasteiger partial charge in [0.1, 0.15) is 5.82 Å². The maximum absolute atomic E-state index is 12.8. The predicted molar refractivity (Wildman–Crippen MR) is 82.6 cm³/mol. The van der Waals surface area contributed by atoms with Crippen LogP contribution in [0.25, 0.3) is 10.9 Å². The highest BCUT2D eigenvalue weighted by Gasteiger charge is 2.21. The van der Waals surface area contributed by atoms with E-state index in [1.54, 1.807) is 11.0 Å². The minimum Gasteiger partial charge on any atom is -0.384 e. The van der Waals surface area contributed by atoms with Crippen LogP contribution < -0.4 is 5.73 Å². The number of pyridine rings is 1. The van der Waals surface area contributed by atoms with Crippen LogP contribution in [0.5, 0.6) is 0 Å².